The normalized spacial score (nSPS) is 23.4. The summed E-state index contributed by atoms with van der Waals surface area (Å²) in [4.78, 5) is 5.26. The van der Waals surface area contributed by atoms with E-state index in [2.05, 4.69) is 19.3 Å². The van der Waals surface area contributed by atoms with Gasteiger partial charge >= 0.3 is 0 Å². The van der Waals surface area contributed by atoms with Crippen molar-refractivity contribution in [1.29, 1.82) is 0 Å². The minimum Gasteiger partial charge on any atom is -0.508 e. The number of hydroxylamine groups is 1. The highest BCUT2D eigenvalue weighted by Crippen LogP contribution is 2.45. The number of aromatic hydroxyl groups is 1. The van der Waals surface area contributed by atoms with Crippen LogP contribution in [0.3, 0.4) is 0 Å². The van der Waals surface area contributed by atoms with Crippen molar-refractivity contribution in [2.75, 3.05) is 6.61 Å². The molecule has 0 aromatic heterocycles. The zero-order valence-corrected chi connectivity index (χ0v) is 10.1. The molecule has 3 heteroatoms. The minimum absolute atomic E-state index is 0.116. The van der Waals surface area contributed by atoms with Gasteiger partial charge in [0.05, 0.1) is 12.6 Å². The van der Waals surface area contributed by atoms with Crippen LogP contribution in [0.5, 0.6) is 5.75 Å². The third-order valence-electron chi connectivity index (χ3n) is 3.28. The third-order valence-corrected chi connectivity index (χ3v) is 3.28. The summed E-state index contributed by atoms with van der Waals surface area (Å²) in [6.45, 7) is 6.87. The summed E-state index contributed by atoms with van der Waals surface area (Å²) < 4.78 is 0. The predicted molar refractivity (Wildman–Crippen MR) is 63.4 cm³/mol. The van der Waals surface area contributed by atoms with Gasteiger partial charge in [-0.3, -0.25) is 0 Å². The highest BCUT2D eigenvalue weighted by Gasteiger charge is 2.32. The van der Waals surface area contributed by atoms with Gasteiger partial charge in [0.15, 0.2) is 0 Å². The molecule has 88 valence electrons. The molecule has 0 bridgehead atoms. The molecule has 0 radical (unpaired) electrons. The Kier molecular flexibility index (Phi) is 3.17. The van der Waals surface area contributed by atoms with Gasteiger partial charge in [0.1, 0.15) is 5.75 Å². The lowest BCUT2D eigenvalue weighted by molar-refractivity contribution is 0.0230. The number of nitrogens with one attached hydrogen (secondary N) is 1. The second kappa shape index (κ2) is 4.44. The standard InChI is InChI=1S/C13H19NO2/c1-4-16-14-10-7-9(3)12-8(2)5-6-11(15)13(10)12/h5-6,9-10,14-15H,4,7H2,1-3H3. The Labute approximate surface area is 96.4 Å². The highest BCUT2D eigenvalue weighted by atomic mass is 16.6. The maximum Gasteiger partial charge on any atom is 0.120 e. The number of hydrogen-bond donors (Lipinski definition) is 2. The lowest BCUT2D eigenvalue weighted by Crippen LogP contribution is -2.19. The Morgan fingerprint density at radius 2 is 2.19 bits per heavy atom. The molecule has 1 aliphatic carbocycles. The Morgan fingerprint density at radius 1 is 1.44 bits per heavy atom. The number of fused-ring (bicyclic) bond motifs is 1. The van der Waals surface area contributed by atoms with Crippen molar-refractivity contribution in [3.8, 4) is 5.75 Å². The zero-order chi connectivity index (χ0) is 11.7. The van der Waals surface area contributed by atoms with Crippen LogP contribution in [-0.2, 0) is 4.84 Å². The van der Waals surface area contributed by atoms with Crippen LogP contribution < -0.4 is 5.48 Å². The quantitative estimate of drug-likeness (QED) is 0.771. The minimum atomic E-state index is 0.116. The molecule has 0 saturated carbocycles. The smallest absolute Gasteiger partial charge is 0.120 e. The first kappa shape index (κ1) is 11.4. The topological polar surface area (TPSA) is 41.5 Å². The molecule has 1 aliphatic rings. The van der Waals surface area contributed by atoms with Crippen molar-refractivity contribution in [1.82, 2.24) is 5.48 Å². The SMILES string of the molecule is CCONC1CC(C)c2c(C)ccc(O)c21. The first-order valence-electron chi connectivity index (χ1n) is 5.84. The monoisotopic (exact) mass is 221 g/mol. The van der Waals surface area contributed by atoms with E-state index in [4.69, 9.17) is 4.84 Å². The molecule has 0 amide bonds. The molecule has 0 heterocycles. The van der Waals surface area contributed by atoms with Crippen LogP contribution in [0.4, 0.5) is 0 Å². The molecule has 2 rings (SSSR count). The van der Waals surface area contributed by atoms with Gasteiger partial charge in [0.25, 0.3) is 0 Å². The van der Waals surface area contributed by atoms with Crippen molar-refractivity contribution in [2.45, 2.75) is 39.2 Å². The van der Waals surface area contributed by atoms with Crippen LogP contribution in [0, 0.1) is 6.92 Å². The molecule has 0 saturated heterocycles. The van der Waals surface area contributed by atoms with Crippen LogP contribution in [0.15, 0.2) is 12.1 Å². The first-order chi connectivity index (χ1) is 7.65. The van der Waals surface area contributed by atoms with Crippen molar-refractivity contribution >= 4 is 0 Å². The van der Waals surface area contributed by atoms with E-state index in [0.29, 0.717) is 18.3 Å². The fourth-order valence-electron chi connectivity index (χ4n) is 2.63. The number of phenolic OH excluding ortho intramolecular Hbond substituents is 1. The summed E-state index contributed by atoms with van der Waals surface area (Å²) in [6.07, 6.45) is 0.980. The van der Waals surface area contributed by atoms with Gasteiger partial charge in [0, 0.05) is 5.56 Å². The van der Waals surface area contributed by atoms with E-state index in [1.807, 2.05) is 13.0 Å². The van der Waals surface area contributed by atoms with E-state index >= 15 is 0 Å². The second-order valence-electron chi connectivity index (χ2n) is 4.47. The summed E-state index contributed by atoms with van der Waals surface area (Å²) in [7, 11) is 0. The molecular weight excluding hydrogens is 202 g/mol. The molecule has 2 N–H and O–H groups in total. The number of phenols is 1. The van der Waals surface area contributed by atoms with Gasteiger partial charge in [-0.05, 0) is 43.4 Å². The molecule has 1 aromatic rings. The Bertz CT molecular complexity index is 390. The van der Waals surface area contributed by atoms with Crippen molar-refractivity contribution in [3.63, 3.8) is 0 Å². The number of hydrogen-bond acceptors (Lipinski definition) is 3. The van der Waals surface area contributed by atoms with Crippen LogP contribution in [-0.4, -0.2) is 11.7 Å². The van der Waals surface area contributed by atoms with E-state index in [1.165, 1.54) is 11.1 Å². The summed E-state index contributed by atoms with van der Waals surface area (Å²) in [5.41, 5.74) is 6.57. The molecule has 0 spiro atoms. The van der Waals surface area contributed by atoms with Gasteiger partial charge in [-0.25, -0.2) is 0 Å². The molecule has 0 aliphatic heterocycles. The number of aryl methyl sites for hydroxylation is 1. The van der Waals surface area contributed by atoms with E-state index in [-0.39, 0.29) is 6.04 Å². The molecule has 16 heavy (non-hydrogen) atoms. The average molecular weight is 221 g/mol. The Balaban J connectivity index is 2.36. The molecule has 3 nitrogen and oxygen atoms in total. The van der Waals surface area contributed by atoms with Gasteiger partial charge in [-0.15, -0.1) is 0 Å². The van der Waals surface area contributed by atoms with Gasteiger partial charge < -0.3 is 9.94 Å². The molecule has 2 atom stereocenters. The number of benzene rings is 1. The first-order valence-corrected chi connectivity index (χ1v) is 5.84. The molecule has 2 unspecified atom stereocenters. The number of rotatable bonds is 3. The lowest BCUT2D eigenvalue weighted by atomic mass is 9.97. The predicted octanol–water partition coefficient (Wildman–Crippen LogP) is 2.79. The summed E-state index contributed by atoms with van der Waals surface area (Å²) in [5.74, 6) is 0.849. The summed E-state index contributed by atoms with van der Waals surface area (Å²) in [5, 5.41) is 9.95. The summed E-state index contributed by atoms with van der Waals surface area (Å²) in [6, 6.07) is 3.87. The lowest BCUT2D eigenvalue weighted by Gasteiger charge is -2.14. The fourth-order valence-corrected chi connectivity index (χ4v) is 2.63. The largest absolute Gasteiger partial charge is 0.508 e. The van der Waals surface area contributed by atoms with Gasteiger partial charge in [0.2, 0.25) is 0 Å². The van der Waals surface area contributed by atoms with Crippen LogP contribution in [0.2, 0.25) is 0 Å². The van der Waals surface area contributed by atoms with E-state index in [9.17, 15) is 5.11 Å². The van der Waals surface area contributed by atoms with Crippen LogP contribution in [0.1, 0.15) is 48.9 Å². The average Bonchev–Trinajstić information content (AvgIpc) is 2.59. The van der Waals surface area contributed by atoms with Crippen molar-refractivity contribution in [3.05, 3.63) is 28.8 Å². The third kappa shape index (κ3) is 1.81. The maximum absolute atomic E-state index is 9.95. The fraction of sp³-hybridized carbons (Fsp3) is 0.538. The Hall–Kier alpha value is -1.06. The van der Waals surface area contributed by atoms with E-state index in [0.717, 1.165) is 12.0 Å². The molecule has 1 aromatic carbocycles. The zero-order valence-electron chi connectivity index (χ0n) is 10.1. The van der Waals surface area contributed by atoms with Crippen LogP contribution >= 0.6 is 0 Å². The Morgan fingerprint density at radius 3 is 2.88 bits per heavy atom. The highest BCUT2D eigenvalue weighted by molar-refractivity contribution is 5.50. The van der Waals surface area contributed by atoms with Crippen LogP contribution in [0.25, 0.3) is 0 Å². The van der Waals surface area contributed by atoms with E-state index < -0.39 is 0 Å². The summed E-state index contributed by atoms with van der Waals surface area (Å²) >= 11 is 0. The van der Waals surface area contributed by atoms with Gasteiger partial charge in [-0.1, -0.05) is 13.0 Å². The maximum atomic E-state index is 9.95. The second-order valence-corrected chi connectivity index (χ2v) is 4.47. The van der Waals surface area contributed by atoms with Crippen molar-refractivity contribution in [2.24, 2.45) is 0 Å². The van der Waals surface area contributed by atoms with Gasteiger partial charge in [-0.2, -0.15) is 5.48 Å². The molecule has 0 fully saturated rings. The van der Waals surface area contributed by atoms with E-state index in [1.54, 1.807) is 6.07 Å². The molecular formula is C13H19NO2. The van der Waals surface area contributed by atoms with Crippen molar-refractivity contribution < 1.29 is 9.94 Å².